The van der Waals surface area contributed by atoms with Gasteiger partial charge in [0.25, 0.3) is 6.01 Å². The van der Waals surface area contributed by atoms with Gasteiger partial charge < -0.3 is 9.73 Å². The third kappa shape index (κ3) is 2.03. The minimum absolute atomic E-state index is 0.445. The molecule has 84 valence electrons. The van der Waals surface area contributed by atoms with Crippen LogP contribution in [0.5, 0.6) is 0 Å². The zero-order valence-electron chi connectivity index (χ0n) is 9.44. The summed E-state index contributed by atoms with van der Waals surface area (Å²) < 4.78 is 5.62. The monoisotopic (exact) mass is 216 g/mol. The molecule has 2 aromatic rings. The summed E-state index contributed by atoms with van der Waals surface area (Å²) in [4.78, 5) is 4.40. The Kier molecular flexibility index (Phi) is 2.31. The second kappa shape index (κ2) is 3.81. The maximum Gasteiger partial charge on any atom is 0.295 e. The maximum absolute atomic E-state index is 5.62. The molecular formula is C13H16N2O. The molecule has 1 aromatic carbocycles. The second-order valence-electron chi connectivity index (χ2n) is 4.71. The van der Waals surface area contributed by atoms with Gasteiger partial charge in [-0.1, -0.05) is 25.0 Å². The van der Waals surface area contributed by atoms with Gasteiger partial charge in [-0.25, -0.2) is 0 Å². The van der Waals surface area contributed by atoms with Gasteiger partial charge in [0, 0.05) is 6.04 Å². The summed E-state index contributed by atoms with van der Waals surface area (Å²) in [6.07, 6.45) is 4.00. The molecule has 0 spiro atoms. The lowest BCUT2D eigenvalue weighted by Gasteiger charge is -2.10. The van der Waals surface area contributed by atoms with Crippen molar-refractivity contribution in [2.75, 3.05) is 5.32 Å². The molecule has 0 bridgehead atoms. The SMILES string of the molecule is CC(CC1CC1)Nc1nc2ccccc2o1. The van der Waals surface area contributed by atoms with E-state index in [0.717, 1.165) is 17.0 Å². The molecule has 3 heteroatoms. The number of hydrogen-bond acceptors (Lipinski definition) is 3. The summed E-state index contributed by atoms with van der Waals surface area (Å²) in [5.41, 5.74) is 1.77. The third-order valence-electron chi connectivity index (χ3n) is 3.05. The highest BCUT2D eigenvalue weighted by atomic mass is 16.4. The van der Waals surface area contributed by atoms with E-state index in [-0.39, 0.29) is 0 Å². The van der Waals surface area contributed by atoms with Crippen molar-refractivity contribution in [2.24, 2.45) is 5.92 Å². The quantitative estimate of drug-likeness (QED) is 0.850. The van der Waals surface area contributed by atoms with Crippen molar-refractivity contribution in [3.63, 3.8) is 0 Å². The predicted octanol–water partition coefficient (Wildman–Crippen LogP) is 3.43. The molecule has 1 atom stereocenters. The number of anilines is 1. The number of hydrogen-bond donors (Lipinski definition) is 1. The van der Waals surface area contributed by atoms with Crippen molar-refractivity contribution >= 4 is 17.1 Å². The van der Waals surface area contributed by atoms with Crippen LogP contribution in [0.2, 0.25) is 0 Å². The molecule has 0 radical (unpaired) electrons. The van der Waals surface area contributed by atoms with E-state index in [9.17, 15) is 0 Å². The first-order chi connectivity index (χ1) is 7.81. The van der Waals surface area contributed by atoms with Gasteiger partial charge in [-0.15, -0.1) is 0 Å². The fraction of sp³-hybridized carbons (Fsp3) is 0.462. The van der Waals surface area contributed by atoms with Crippen LogP contribution in [0.3, 0.4) is 0 Å². The normalized spacial score (nSPS) is 17.6. The standard InChI is InChI=1S/C13H16N2O/c1-9(8-10-6-7-10)14-13-15-11-4-2-3-5-12(11)16-13/h2-5,9-10H,6-8H2,1H3,(H,14,15). The number of fused-ring (bicyclic) bond motifs is 1. The van der Waals surface area contributed by atoms with Crippen molar-refractivity contribution in [2.45, 2.75) is 32.2 Å². The van der Waals surface area contributed by atoms with E-state index in [1.807, 2.05) is 24.3 Å². The van der Waals surface area contributed by atoms with Gasteiger partial charge in [0.2, 0.25) is 0 Å². The highest BCUT2D eigenvalue weighted by molar-refractivity contribution is 5.74. The summed E-state index contributed by atoms with van der Waals surface area (Å²) in [6, 6.07) is 8.94. The topological polar surface area (TPSA) is 38.1 Å². The Bertz CT molecular complexity index is 454. The maximum atomic E-state index is 5.62. The molecule has 0 aliphatic heterocycles. The van der Waals surface area contributed by atoms with Crippen LogP contribution in [0, 0.1) is 5.92 Å². The van der Waals surface area contributed by atoms with Crippen LogP contribution in [0.4, 0.5) is 6.01 Å². The lowest BCUT2D eigenvalue weighted by molar-refractivity contribution is 0.575. The van der Waals surface area contributed by atoms with Crippen molar-refractivity contribution in [3.8, 4) is 0 Å². The van der Waals surface area contributed by atoms with E-state index in [0.29, 0.717) is 12.1 Å². The van der Waals surface area contributed by atoms with Crippen molar-refractivity contribution in [3.05, 3.63) is 24.3 Å². The zero-order chi connectivity index (χ0) is 11.0. The average Bonchev–Trinajstić information content (AvgIpc) is 2.97. The molecule has 1 saturated carbocycles. The van der Waals surface area contributed by atoms with Crippen molar-refractivity contribution in [1.82, 2.24) is 4.98 Å². The number of nitrogens with zero attached hydrogens (tertiary/aromatic N) is 1. The highest BCUT2D eigenvalue weighted by Gasteiger charge is 2.24. The zero-order valence-corrected chi connectivity index (χ0v) is 9.44. The van der Waals surface area contributed by atoms with Gasteiger partial charge in [0.15, 0.2) is 5.58 Å². The van der Waals surface area contributed by atoms with Crippen molar-refractivity contribution < 1.29 is 4.42 Å². The fourth-order valence-corrected chi connectivity index (χ4v) is 2.06. The average molecular weight is 216 g/mol. The van der Waals surface area contributed by atoms with E-state index in [1.54, 1.807) is 0 Å². The summed E-state index contributed by atoms with van der Waals surface area (Å²) in [5.74, 6) is 0.923. The Morgan fingerprint density at radius 1 is 1.44 bits per heavy atom. The number of benzene rings is 1. The minimum Gasteiger partial charge on any atom is -0.424 e. The molecule has 3 nitrogen and oxygen atoms in total. The van der Waals surface area contributed by atoms with Crippen LogP contribution < -0.4 is 5.32 Å². The number of rotatable bonds is 4. The van der Waals surface area contributed by atoms with Gasteiger partial charge in [-0.05, 0) is 31.4 Å². The third-order valence-corrected chi connectivity index (χ3v) is 3.05. The summed E-state index contributed by atoms with van der Waals surface area (Å²) in [5, 5.41) is 3.32. The van der Waals surface area contributed by atoms with Gasteiger partial charge in [0.05, 0.1) is 0 Å². The highest BCUT2D eigenvalue weighted by Crippen LogP contribution is 2.34. The summed E-state index contributed by atoms with van der Waals surface area (Å²) in [7, 11) is 0. The molecule has 1 aliphatic carbocycles. The van der Waals surface area contributed by atoms with E-state index >= 15 is 0 Å². The van der Waals surface area contributed by atoms with Crippen LogP contribution in [-0.4, -0.2) is 11.0 Å². The van der Waals surface area contributed by atoms with Crippen LogP contribution >= 0.6 is 0 Å². The largest absolute Gasteiger partial charge is 0.424 e. The Hall–Kier alpha value is -1.51. The van der Waals surface area contributed by atoms with Crippen LogP contribution in [0.25, 0.3) is 11.1 Å². The second-order valence-corrected chi connectivity index (χ2v) is 4.71. The van der Waals surface area contributed by atoms with Crippen LogP contribution in [0.1, 0.15) is 26.2 Å². The Morgan fingerprint density at radius 2 is 2.25 bits per heavy atom. The van der Waals surface area contributed by atoms with E-state index < -0.39 is 0 Å². The molecular weight excluding hydrogens is 200 g/mol. The summed E-state index contributed by atoms with van der Waals surface area (Å²) in [6.45, 7) is 2.19. The van der Waals surface area contributed by atoms with E-state index in [1.165, 1.54) is 19.3 Å². The lowest BCUT2D eigenvalue weighted by Crippen LogP contribution is -2.15. The van der Waals surface area contributed by atoms with Gasteiger partial charge in [-0.2, -0.15) is 4.98 Å². The van der Waals surface area contributed by atoms with E-state index in [4.69, 9.17) is 4.42 Å². The Balaban J connectivity index is 1.72. The fourth-order valence-electron chi connectivity index (χ4n) is 2.06. The molecule has 1 N–H and O–H groups in total. The predicted molar refractivity (Wildman–Crippen MR) is 64.4 cm³/mol. The van der Waals surface area contributed by atoms with E-state index in [2.05, 4.69) is 17.2 Å². The first kappa shape index (κ1) is 9.70. The lowest BCUT2D eigenvalue weighted by atomic mass is 10.2. The summed E-state index contributed by atoms with van der Waals surface area (Å²) >= 11 is 0. The molecule has 1 heterocycles. The molecule has 1 aliphatic rings. The Labute approximate surface area is 94.9 Å². The smallest absolute Gasteiger partial charge is 0.295 e. The molecule has 1 aromatic heterocycles. The molecule has 1 fully saturated rings. The first-order valence-electron chi connectivity index (χ1n) is 5.93. The molecule has 1 unspecified atom stereocenters. The van der Waals surface area contributed by atoms with Crippen molar-refractivity contribution in [1.29, 1.82) is 0 Å². The molecule has 0 amide bonds. The molecule has 3 rings (SSSR count). The van der Waals surface area contributed by atoms with Gasteiger partial charge >= 0.3 is 0 Å². The molecule has 0 saturated heterocycles. The molecule has 16 heavy (non-hydrogen) atoms. The minimum atomic E-state index is 0.445. The number of oxazole rings is 1. The number of nitrogens with one attached hydrogen (secondary N) is 1. The van der Waals surface area contributed by atoms with Gasteiger partial charge in [-0.3, -0.25) is 0 Å². The van der Waals surface area contributed by atoms with Crippen LogP contribution in [-0.2, 0) is 0 Å². The van der Waals surface area contributed by atoms with Crippen LogP contribution in [0.15, 0.2) is 28.7 Å². The number of para-hydroxylation sites is 2. The first-order valence-corrected chi connectivity index (χ1v) is 5.93. The van der Waals surface area contributed by atoms with Gasteiger partial charge in [0.1, 0.15) is 5.52 Å². The Morgan fingerprint density at radius 3 is 3.00 bits per heavy atom. The number of aromatic nitrogens is 1.